The van der Waals surface area contributed by atoms with Gasteiger partial charge in [-0.25, -0.2) is 9.59 Å². The topological polar surface area (TPSA) is 122 Å². The Morgan fingerprint density at radius 3 is 2.44 bits per heavy atom. The highest BCUT2D eigenvalue weighted by Crippen LogP contribution is 2.22. The Hall–Kier alpha value is -3.59. The number of carboxylic acid groups (broad SMARTS) is 1. The first kappa shape index (κ1) is 24.7. The first-order valence-corrected chi connectivity index (χ1v) is 10.9. The van der Waals surface area contributed by atoms with Gasteiger partial charge < -0.3 is 20.5 Å². The zero-order chi connectivity index (χ0) is 23.3. The largest absolute Gasteiger partial charge is 0.478 e. The number of hydrogen-bond donors (Lipinski definition) is 3. The van der Waals surface area contributed by atoms with Crippen molar-refractivity contribution in [3.8, 4) is 0 Å². The summed E-state index contributed by atoms with van der Waals surface area (Å²) in [6.45, 7) is 2.40. The normalized spacial score (nSPS) is 10.5. The Balaban J connectivity index is 1.83. The number of ether oxygens (including phenoxy) is 1. The average Bonchev–Trinajstić information content (AvgIpc) is 2.77. The van der Waals surface area contributed by atoms with Gasteiger partial charge in [-0.2, -0.15) is 0 Å². The van der Waals surface area contributed by atoms with Crippen molar-refractivity contribution in [3.63, 3.8) is 0 Å². The second-order valence-electron chi connectivity index (χ2n) is 6.59. The van der Waals surface area contributed by atoms with Gasteiger partial charge in [-0.1, -0.05) is 19.4 Å². The van der Waals surface area contributed by atoms with Crippen LogP contribution < -0.4 is 10.6 Å². The summed E-state index contributed by atoms with van der Waals surface area (Å²) < 4.78 is 5.15. The molecule has 2 rings (SSSR count). The third-order valence-corrected chi connectivity index (χ3v) is 4.98. The summed E-state index contributed by atoms with van der Waals surface area (Å²) in [7, 11) is 0. The number of benzene rings is 2. The van der Waals surface area contributed by atoms with Crippen LogP contribution in [0.25, 0.3) is 0 Å². The zero-order valence-corrected chi connectivity index (χ0v) is 18.3. The van der Waals surface area contributed by atoms with E-state index in [1.165, 1.54) is 11.8 Å². The average molecular weight is 457 g/mol. The number of hydrogen-bond acceptors (Lipinski definition) is 6. The molecule has 168 valence electrons. The number of unbranched alkanes of at least 4 members (excludes halogenated alkanes) is 1. The molecular weight excluding hydrogens is 432 g/mol. The van der Waals surface area contributed by atoms with E-state index in [-0.39, 0.29) is 11.7 Å². The van der Waals surface area contributed by atoms with Crippen LogP contribution in [0.1, 0.15) is 30.1 Å². The second kappa shape index (κ2) is 13.0. The van der Waals surface area contributed by atoms with Crippen LogP contribution in [-0.2, 0) is 19.1 Å². The van der Waals surface area contributed by atoms with Gasteiger partial charge in [0.15, 0.2) is 0 Å². The zero-order valence-electron chi connectivity index (χ0n) is 17.5. The van der Waals surface area contributed by atoms with Gasteiger partial charge in [0.05, 0.1) is 17.9 Å². The Morgan fingerprint density at radius 1 is 1.00 bits per heavy atom. The lowest BCUT2D eigenvalue weighted by Gasteiger charge is -2.08. The van der Waals surface area contributed by atoms with Gasteiger partial charge in [0.25, 0.3) is 0 Å². The lowest BCUT2D eigenvalue weighted by molar-refractivity contribution is -0.131. The maximum atomic E-state index is 12.2. The monoisotopic (exact) mass is 456 g/mol. The molecule has 8 nitrogen and oxygen atoms in total. The summed E-state index contributed by atoms with van der Waals surface area (Å²) in [5.41, 5.74) is 1.47. The molecule has 0 atom stereocenters. The lowest BCUT2D eigenvalue weighted by Crippen LogP contribution is -2.14. The van der Waals surface area contributed by atoms with Crippen molar-refractivity contribution in [2.75, 3.05) is 23.0 Å². The number of anilines is 2. The first-order valence-electron chi connectivity index (χ1n) is 9.89. The fourth-order valence-corrected chi connectivity index (χ4v) is 3.18. The van der Waals surface area contributed by atoms with Gasteiger partial charge in [0, 0.05) is 28.4 Å². The molecule has 0 spiro atoms. The summed E-state index contributed by atoms with van der Waals surface area (Å²) in [4.78, 5) is 47.0. The summed E-state index contributed by atoms with van der Waals surface area (Å²) >= 11 is 1.28. The standard InChI is InChI=1S/C23H24N2O6S/c1-2-3-13-31-23(30)16-7-9-17(10-8-16)24-21(27)15-32-19-6-4-5-18(14-19)25-20(26)11-12-22(28)29/h4-12,14H,2-3,13,15H2,1H3,(H,24,27)(H,25,26)(H,28,29)/b12-11+. The van der Waals surface area contributed by atoms with E-state index in [0.29, 0.717) is 23.5 Å². The molecule has 0 unspecified atom stereocenters. The molecule has 0 aliphatic heterocycles. The molecule has 0 saturated heterocycles. The van der Waals surface area contributed by atoms with Gasteiger partial charge in [-0.3, -0.25) is 9.59 Å². The van der Waals surface area contributed by atoms with Gasteiger partial charge in [-0.15, -0.1) is 11.8 Å². The summed E-state index contributed by atoms with van der Waals surface area (Å²) in [5, 5.41) is 13.9. The van der Waals surface area contributed by atoms with Crippen molar-refractivity contribution in [3.05, 3.63) is 66.2 Å². The van der Waals surface area contributed by atoms with Crippen LogP contribution in [0.4, 0.5) is 11.4 Å². The Kier molecular flexibility index (Phi) is 9.99. The molecule has 0 aliphatic carbocycles. The van der Waals surface area contributed by atoms with Crippen LogP contribution in [0.3, 0.4) is 0 Å². The van der Waals surface area contributed by atoms with Crippen molar-refractivity contribution >= 4 is 46.9 Å². The van der Waals surface area contributed by atoms with E-state index in [9.17, 15) is 19.2 Å². The number of aliphatic carboxylic acids is 1. The summed E-state index contributed by atoms with van der Waals surface area (Å²) in [6, 6.07) is 13.3. The maximum absolute atomic E-state index is 12.2. The number of carbonyl (C=O) groups excluding carboxylic acids is 3. The van der Waals surface area contributed by atoms with Crippen LogP contribution in [0.15, 0.2) is 65.6 Å². The third kappa shape index (κ3) is 9.05. The number of thioether (sulfide) groups is 1. The van der Waals surface area contributed by atoms with E-state index < -0.39 is 17.8 Å². The molecule has 0 saturated carbocycles. The van der Waals surface area contributed by atoms with E-state index in [1.807, 2.05) is 6.92 Å². The minimum Gasteiger partial charge on any atom is -0.478 e. The molecule has 0 fully saturated rings. The van der Waals surface area contributed by atoms with Gasteiger partial charge in [0.1, 0.15) is 0 Å². The molecule has 2 aromatic rings. The fraction of sp³-hybridized carbons (Fsp3) is 0.217. The predicted molar refractivity (Wildman–Crippen MR) is 123 cm³/mol. The molecule has 3 N–H and O–H groups in total. The van der Waals surface area contributed by atoms with Crippen molar-refractivity contribution in [2.24, 2.45) is 0 Å². The molecule has 0 bridgehead atoms. The van der Waals surface area contributed by atoms with Crippen LogP contribution in [0.5, 0.6) is 0 Å². The van der Waals surface area contributed by atoms with Crippen LogP contribution in [-0.4, -0.2) is 41.2 Å². The van der Waals surface area contributed by atoms with Crippen molar-refractivity contribution in [2.45, 2.75) is 24.7 Å². The van der Waals surface area contributed by atoms with Crippen LogP contribution in [0, 0.1) is 0 Å². The minimum absolute atomic E-state index is 0.136. The summed E-state index contributed by atoms with van der Waals surface area (Å²) in [6.07, 6.45) is 3.43. The number of esters is 1. The van der Waals surface area contributed by atoms with E-state index in [2.05, 4.69) is 10.6 Å². The van der Waals surface area contributed by atoms with Crippen LogP contribution in [0.2, 0.25) is 0 Å². The molecule has 9 heteroatoms. The van der Waals surface area contributed by atoms with Gasteiger partial charge >= 0.3 is 11.9 Å². The number of carbonyl (C=O) groups is 4. The fourth-order valence-electron chi connectivity index (χ4n) is 2.42. The molecule has 0 radical (unpaired) electrons. The highest BCUT2D eigenvalue weighted by Gasteiger charge is 2.09. The van der Waals surface area contributed by atoms with Gasteiger partial charge in [0.2, 0.25) is 11.8 Å². The predicted octanol–water partition coefficient (Wildman–Crippen LogP) is 3.95. The highest BCUT2D eigenvalue weighted by molar-refractivity contribution is 8.00. The van der Waals surface area contributed by atoms with E-state index >= 15 is 0 Å². The Labute approximate surface area is 190 Å². The van der Waals surface area contributed by atoms with Gasteiger partial charge in [-0.05, 0) is 48.9 Å². The summed E-state index contributed by atoms with van der Waals surface area (Å²) in [5.74, 6) is -2.26. The quantitative estimate of drug-likeness (QED) is 0.202. The van der Waals surface area contributed by atoms with E-state index in [4.69, 9.17) is 9.84 Å². The Morgan fingerprint density at radius 2 is 1.75 bits per heavy atom. The third-order valence-electron chi connectivity index (χ3n) is 3.98. The second-order valence-corrected chi connectivity index (χ2v) is 7.64. The molecule has 32 heavy (non-hydrogen) atoms. The van der Waals surface area contributed by atoms with E-state index in [1.54, 1.807) is 48.5 Å². The number of nitrogens with one attached hydrogen (secondary N) is 2. The molecule has 0 aromatic heterocycles. The smallest absolute Gasteiger partial charge is 0.338 e. The highest BCUT2D eigenvalue weighted by atomic mass is 32.2. The maximum Gasteiger partial charge on any atom is 0.338 e. The number of carboxylic acids is 1. The lowest BCUT2D eigenvalue weighted by atomic mass is 10.2. The Bertz CT molecular complexity index is 988. The molecule has 2 amide bonds. The molecule has 0 heterocycles. The van der Waals surface area contributed by atoms with Crippen molar-refractivity contribution in [1.82, 2.24) is 0 Å². The number of rotatable bonds is 11. The SMILES string of the molecule is CCCCOC(=O)c1ccc(NC(=O)CSc2cccc(NC(=O)/C=C/C(=O)O)c2)cc1. The molecule has 0 aliphatic rings. The van der Waals surface area contributed by atoms with Crippen LogP contribution >= 0.6 is 11.8 Å². The van der Waals surface area contributed by atoms with E-state index in [0.717, 1.165) is 29.9 Å². The number of amides is 2. The minimum atomic E-state index is -1.21. The first-order chi connectivity index (χ1) is 15.4. The van der Waals surface area contributed by atoms with Crippen molar-refractivity contribution in [1.29, 1.82) is 0 Å². The molecular formula is C23H24N2O6S. The molecule has 2 aromatic carbocycles. The van der Waals surface area contributed by atoms with Crippen molar-refractivity contribution < 1.29 is 29.0 Å².